The molecule has 0 fully saturated rings. The number of aliphatic hydroxyl groups is 1. The van der Waals surface area contributed by atoms with Crippen molar-refractivity contribution in [2.45, 2.75) is 31.7 Å². The van der Waals surface area contributed by atoms with Gasteiger partial charge < -0.3 is 19.6 Å². The van der Waals surface area contributed by atoms with Gasteiger partial charge in [-0.25, -0.2) is 0 Å². The first-order valence-electron chi connectivity index (χ1n) is 8.48. The highest BCUT2D eigenvalue weighted by atomic mass is 16.5. The number of likely N-dealkylation sites (N-methyl/N-ethyl adjacent to an activating group) is 1. The van der Waals surface area contributed by atoms with Gasteiger partial charge in [-0.1, -0.05) is 24.3 Å². The minimum atomic E-state index is -0.674. The van der Waals surface area contributed by atoms with Crippen LogP contribution in [0.1, 0.15) is 16.9 Å². The largest absolute Gasteiger partial charge is 0.467 e. The Labute approximate surface area is 147 Å². The van der Waals surface area contributed by atoms with E-state index in [0.29, 0.717) is 26.1 Å². The Hall–Kier alpha value is -2.15. The van der Waals surface area contributed by atoms with E-state index in [1.165, 1.54) is 11.1 Å². The molecule has 6 nitrogen and oxygen atoms in total. The topological polar surface area (TPSA) is 74.9 Å². The first-order chi connectivity index (χ1) is 12.2. The zero-order valence-corrected chi connectivity index (χ0v) is 14.4. The number of rotatable bonds is 7. The fraction of sp³-hybridized carbons (Fsp3) is 0.421. The maximum atomic E-state index is 12.3. The summed E-state index contributed by atoms with van der Waals surface area (Å²) in [6.45, 7) is 1.54. The number of fused-ring (bicyclic) bond motifs is 1. The first kappa shape index (κ1) is 17.7. The molecule has 1 aromatic carbocycles. The van der Waals surface area contributed by atoms with Gasteiger partial charge in [-0.3, -0.25) is 9.69 Å². The van der Waals surface area contributed by atoms with Crippen molar-refractivity contribution in [3.8, 4) is 0 Å². The molecular formula is C19H24N2O4. The standard InChI is InChI=1S/C19H24N2O4/c1-20-19(23)18-9-14-5-2-3-6-15(14)10-21(18)11-16(22)12-24-13-17-7-4-8-25-17/h2-8,16,18,22H,9-13H2,1H3,(H,20,23)/t16-,18+/m0/s1. The molecule has 0 saturated heterocycles. The fourth-order valence-corrected chi connectivity index (χ4v) is 3.21. The number of ether oxygens (including phenoxy) is 1. The minimum Gasteiger partial charge on any atom is -0.467 e. The zero-order chi connectivity index (χ0) is 17.6. The van der Waals surface area contributed by atoms with E-state index in [1.54, 1.807) is 19.4 Å². The van der Waals surface area contributed by atoms with E-state index in [9.17, 15) is 9.90 Å². The van der Waals surface area contributed by atoms with Crippen LogP contribution in [0, 0.1) is 0 Å². The second-order valence-electron chi connectivity index (χ2n) is 6.28. The van der Waals surface area contributed by atoms with Gasteiger partial charge in [0.05, 0.1) is 25.0 Å². The molecule has 0 spiro atoms. The SMILES string of the molecule is CNC(=O)[C@H]1Cc2ccccc2CN1C[C@H](O)COCc1ccco1. The number of carbonyl (C=O) groups excluding carboxylic acids is 1. The van der Waals surface area contributed by atoms with Crippen LogP contribution in [0.4, 0.5) is 0 Å². The van der Waals surface area contributed by atoms with Crippen LogP contribution in [-0.4, -0.2) is 48.3 Å². The van der Waals surface area contributed by atoms with E-state index in [1.807, 2.05) is 23.1 Å². The summed E-state index contributed by atoms with van der Waals surface area (Å²) in [7, 11) is 1.64. The summed E-state index contributed by atoms with van der Waals surface area (Å²) in [6, 6.07) is 11.5. The van der Waals surface area contributed by atoms with E-state index < -0.39 is 6.10 Å². The van der Waals surface area contributed by atoms with Crippen LogP contribution in [0.15, 0.2) is 47.1 Å². The maximum Gasteiger partial charge on any atom is 0.237 e. The molecule has 6 heteroatoms. The molecule has 25 heavy (non-hydrogen) atoms. The average Bonchev–Trinajstić information content (AvgIpc) is 3.14. The lowest BCUT2D eigenvalue weighted by molar-refractivity contribution is -0.127. The highest BCUT2D eigenvalue weighted by Crippen LogP contribution is 2.23. The lowest BCUT2D eigenvalue weighted by Crippen LogP contribution is -2.52. The lowest BCUT2D eigenvalue weighted by atomic mass is 9.93. The molecule has 0 radical (unpaired) electrons. The molecule has 2 heterocycles. The third-order valence-electron chi connectivity index (χ3n) is 4.47. The van der Waals surface area contributed by atoms with E-state index in [0.717, 1.165) is 5.76 Å². The molecule has 1 aliphatic rings. The molecule has 2 N–H and O–H groups in total. The number of hydrogen-bond acceptors (Lipinski definition) is 5. The Morgan fingerprint density at radius 2 is 2.16 bits per heavy atom. The third-order valence-corrected chi connectivity index (χ3v) is 4.47. The second-order valence-corrected chi connectivity index (χ2v) is 6.28. The van der Waals surface area contributed by atoms with Gasteiger partial charge in [0.1, 0.15) is 12.4 Å². The number of furan rings is 1. The summed E-state index contributed by atoms with van der Waals surface area (Å²) in [5.41, 5.74) is 2.39. The Balaban J connectivity index is 1.59. The number of hydrogen-bond donors (Lipinski definition) is 2. The molecular weight excluding hydrogens is 320 g/mol. The highest BCUT2D eigenvalue weighted by molar-refractivity contribution is 5.82. The van der Waals surface area contributed by atoms with Crippen LogP contribution in [-0.2, 0) is 29.1 Å². The number of amides is 1. The molecule has 1 aliphatic heterocycles. The highest BCUT2D eigenvalue weighted by Gasteiger charge is 2.31. The first-order valence-corrected chi connectivity index (χ1v) is 8.48. The van der Waals surface area contributed by atoms with Crippen LogP contribution < -0.4 is 5.32 Å². The van der Waals surface area contributed by atoms with Crippen LogP contribution >= 0.6 is 0 Å². The number of carbonyl (C=O) groups is 1. The Morgan fingerprint density at radius 3 is 2.88 bits per heavy atom. The van der Waals surface area contributed by atoms with Crippen molar-refractivity contribution in [1.29, 1.82) is 0 Å². The predicted octanol–water partition coefficient (Wildman–Crippen LogP) is 1.33. The van der Waals surface area contributed by atoms with E-state index in [4.69, 9.17) is 9.15 Å². The quantitative estimate of drug-likeness (QED) is 0.793. The normalized spacial score (nSPS) is 18.6. The summed E-state index contributed by atoms with van der Waals surface area (Å²) < 4.78 is 10.7. The molecule has 2 atom stereocenters. The van der Waals surface area contributed by atoms with Crippen molar-refractivity contribution in [3.63, 3.8) is 0 Å². The lowest BCUT2D eigenvalue weighted by Gasteiger charge is -2.36. The van der Waals surface area contributed by atoms with Gasteiger partial charge >= 0.3 is 0 Å². The van der Waals surface area contributed by atoms with Crippen molar-refractivity contribution in [3.05, 3.63) is 59.5 Å². The van der Waals surface area contributed by atoms with Gasteiger partial charge in [0.15, 0.2) is 0 Å². The van der Waals surface area contributed by atoms with Gasteiger partial charge in [-0.2, -0.15) is 0 Å². The van der Waals surface area contributed by atoms with Crippen molar-refractivity contribution in [2.75, 3.05) is 20.2 Å². The molecule has 0 saturated carbocycles. The van der Waals surface area contributed by atoms with Gasteiger partial charge in [0.25, 0.3) is 0 Å². The molecule has 134 valence electrons. The van der Waals surface area contributed by atoms with Crippen molar-refractivity contribution in [2.24, 2.45) is 0 Å². The molecule has 1 aromatic heterocycles. The smallest absolute Gasteiger partial charge is 0.237 e. The Kier molecular flexibility index (Phi) is 5.86. The van der Waals surface area contributed by atoms with Crippen LogP contribution in [0.3, 0.4) is 0 Å². The summed E-state index contributed by atoms with van der Waals surface area (Å²) in [6.07, 6.45) is 1.57. The number of β-amino-alcohol motifs (C(OH)–C–C–N with tert-alkyl or cyclic N) is 1. The van der Waals surface area contributed by atoms with Gasteiger partial charge in [0, 0.05) is 20.1 Å². The minimum absolute atomic E-state index is 0.0294. The number of nitrogens with zero attached hydrogens (tertiary/aromatic N) is 1. The molecule has 2 aromatic rings. The fourth-order valence-electron chi connectivity index (χ4n) is 3.21. The summed E-state index contributed by atoms with van der Waals surface area (Å²) in [4.78, 5) is 14.3. The number of aliphatic hydroxyl groups excluding tert-OH is 1. The van der Waals surface area contributed by atoms with Crippen molar-refractivity contribution < 1.29 is 19.1 Å². The van der Waals surface area contributed by atoms with Crippen LogP contribution in [0.25, 0.3) is 0 Å². The summed E-state index contributed by atoms with van der Waals surface area (Å²) in [5, 5.41) is 13.0. The maximum absolute atomic E-state index is 12.3. The predicted molar refractivity (Wildman–Crippen MR) is 92.8 cm³/mol. The monoisotopic (exact) mass is 344 g/mol. The zero-order valence-electron chi connectivity index (χ0n) is 14.4. The Morgan fingerprint density at radius 1 is 1.36 bits per heavy atom. The summed E-state index contributed by atoms with van der Waals surface area (Å²) in [5.74, 6) is 0.695. The molecule has 0 unspecified atom stereocenters. The van der Waals surface area contributed by atoms with Crippen molar-refractivity contribution in [1.82, 2.24) is 10.2 Å². The van der Waals surface area contributed by atoms with Crippen molar-refractivity contribution >= 4 is 5.91 Å². The molecule has 1 amide bonds. The third kappa shape index (κ3) is 4.48. The average molecular weight is 344 g/mol. The molecule has 0 bridgehead atoms. The van der Waals surface area contributed by atoms with Gasteiger partial charge in [-0.05, 0) is 29.7 Å². The van der Waals surface area contributed by atoms with Gasteiger partial charge in [-0.15, -0.1) is 0 Å². The molecule has 0 aliphatic carbocycles. The van der Waals surface area contributed by atoms with Gasteiger partial charge in [0.2, 0.25) is 5.91 Å². The number of nitrogens with one attached hydrogen (secondary N) is 1. The summed E-state index contributed by atoms with van der Waals surface area (Å²) >= 11 is 0. The number of benzene rings is 1. The van der Waals surface area contributed by atoms with E-state index in [2.05, 4.69) is 17.4 Å². The second kappa shape index (κ2) is 8.29. The van der Waals surface area contributed by atoms with E-state index >= 15 is 0 Å². The van der Waals surface area contributed by atoms with E-state index in [-0.39, 0.29) is 18.6 Å². The van der Waals surface area contributed by atoms with Crippen LogP contribution in [0.5, 0.6) is 0 Å². The molecule has 3 rings (SSSR count). The Bertz CT molecular complexity index is 686. The van der Waals surface area contributed by atoms with Crippen LogP contribution in [0.2, 0.25) is 0 Å².